The van der Waals surface area contributed by atoms with Crippen LogP contribution < -0.4 is 5.32 Å². The Morgan fingerprint density at radius 3 is 2.50 bits per heavy atom. The molecule has 0 heterocycles. The molecule has 4 heteroatoms. The van der Waals surface area contributed by atoms with Crippen molar-refractivity contribution >= 4 is 35.6 Å². The second kappa shape index (κ2) is 3.11. The molecule has 0 aliphatic carbocycles. The van der Waals surface area contributed by atoms with Crippen molar-refractivity contribution in [2.75, 3.05) is 0 Å². The van der Waals surface area contributed by atoms with Crippen molar-refractivity contribution in [2.45, 2.75) is 0 Å². The standard InChI is InChI=1S/C2H3NOS2/c4-1-3-2(5)6/h1H,(H2,3,4,5,6). The van der Waals surface area contributed by atoms with Crippen molar-refractivity contribution in [3.63, 3.8) is 0 Å². The summed E-state index contributed by atoms with van der Waals surface area (Å²) < 4.78 is 0.199. The number of amides is 1. The van der Waals surface area contributed by atoms with E-state index in [1.807, 2.05) is 0 Å². The van der Waals surface area contributed by atoms with Gasteiger partial charge in [-0.05, 0) is 0 Å². The first kappa shape index (κ1) is 5.91. The summed E-state index contributed by atoms with van der Waals surface area (Å²) in [6.07, 6.45) is 0.481. The molecule has 0 aromatic heterocycles. The maximum Gasteiger partial charge on any atom is 0.212 e. The van der Waals surface area contributed by atoms with Crippen molar-refractivity contribution in [1.29, 1.82) is 0 Å². The molecule has 0 rings (SSSR count). The van der Waals surface area contributed by atoms with Gasteiger partial charge >= 0.3 is 0 Å². The lowest BCUT2D eigenvalue weighted by atomic mass is 11.2. The minimum atomic E-state index is 0.199. The fourth-order valence-electron chi connectivity index (χ4n) is 0.0504. The van der Waals surface area contributed by atoms with Crippen LogP contribution in [0.1, 0.15) is 0 Å². The van der Waals surface area contributed by atoms with Gasteiger partial charge in [-0.3, -0.25) is 4.79 Å². The lowest BCUT2D eigenvalue weighted by Gasteiger charge is -1.82. The molecule has 1 N–H and O–H groups in total. The fraction of sp³-hybridized carbons (Fsp3) is 0. The summed E-state index contributed by atoms with van der Waals surface area (Å²) in [4.78, 5) is 9.37. The third-order valence-electron chi connectivity index (χ3n) is 0.182. The molecule has 0 radical (unpaired) electrons. The smallest absolute Gasteiger partial charge is 0.212 e. The van der Waals surface area contributed by atoms with Gasteiger partial charge in [0.1, 0.15) is 4.32 Å². The number of nitrogens with one attached hydrogen (secondary N) is 1. The summed E-state index contributed by atoms with van der Waals surface area (Å²) in [6.45, 7) is 0. The number of carbonyl (C=O) groups is 1. The second-order valence-corrected chi connectivity index (χ2v) is 1.73. The number of carbonyl (C=O) groups excluding carboxylic acids is 1. The fourth-order valence-corrected chi connectivity index (χ4v) is 0.151. The maximum atomic E-state index is 9.37. The summed E-state index contributed by atoms with van der Waals surface area (Å²) in [5, 5.41) is 2.12. The summed E-state index contributed by atoms with van der Waals surface area (Å²) in [5.74, 6) is 0. The Bertz CT molecular complexity index is 71.9. The highest BCUT2D eigenvalue weighted by atomic mass is 32.1. The molecule has 34 valence electrons. The van der Waals surface area contributed by atoms with Crippen molar-refractivity contribution in [1.82, 2.24) is 5.32 Å². The largest absolute Gasteiger partial charge is 0.314 e. The van der Waals surface area contributed by atoms with Crippen LogP contribution in [0.4, 0.5) is 0 Å². The Hall–Kier alpha value is -0.0900. The van der Waals surface area contributed by atoms with Gasteiger partial charge in [0.2, 0.25) is 6.41 Å². The molecular weight excluding hydrogens is 118 g/mol. The SMILES string of the molecule is O=CNC(=S)S. The van der Waals surface area contributed by atoms with Gasteiger partial charge in [0, 0.05) is 0 Å². The van der Waals surface area contributed by atoms with Crippen LogP contribution in [-0.2, 0) is 4.79 Å². The minimum absolute atomic E-state index is 0.199. The van der Waals surface area contributed by atoms with E-state index in [9.17, 15) is 4.79 Å². The van der Waals surface area contributed by atoms with E-state index in [4.69, 9.17) is 0 Å². The number of thiocarbonyl (C=S) groups is 1. The molecule has 1 amide bonds. The number of rotatable bonds is 1. The first-order valence-corrected chi connectivity index (χ1v) is 2.06. The van der Waals surface area contributed by atoms with E-state index < -0.39 is 0 Å². The van der Waals surface area contributed by atoms with Crippen molar-refractivity contribution in [3.05, 3.63) is 0 Å². The van der Waals surface area contributed by atoms with E-state index in [0.717, 1.165) is 0 Å². The molecule has 0 saturated carbocycles. The predicted octanol–water partition coefficient (Wildman–Crippen LogP) is -0.0529. The monoisotopic (exact) mass is 121 g/mol. The molecule has 2 nitrogen and oxygen atoms in total. The summed E-state index contributed by atoms with van der Waals surface area (Å²) in [5.41, 5.74) is 0. The third-order valence-corrected chi connectivity index (χ3v) is 0.429. The lowest BCUT2D eigenvalue weighted by Crippen LogP contribution is -2.11. The molecule has 6 heavy (non-hydrogen) atoms. The molecule has 0 atom stereocenters. The molecule has 0 unspecified atom stereocenters. The van der Waals surface area contributed by atoms with E-state index >= 15 is 0 Å². The highest BCUT2D eigenvalue weighted by Crippen LogP contribution is 1.70. The van der Waals surface area contributed by atoms with E-state index in [-0.39, 0.29) is 4.32 Å². The van der Waals surface area contributed by atoms with Gasteiger partial charge in [0.25, 0.3) is 0 Å². The van der Waals surface area contributed by atoms with E-state index in [1.54, 1.807) is 0 Å². The van der Waals surface area contributed by atoms with Crippen molar-refractivity contribution < 1.29 is 4.79 Å². The number of hydrogen-bond acceptors (Lipinski definition) is 2. The molecule has 0 saturated heterocycles. The van der Waals surface area contributed by atoms with Crippen LogP contribution in [0.2, 0.25) is 0 Å². The molecule has 0 bridgehead atoms. The Kier molecular flexibility index (Phi) is 3.07. The molecule has 0 fully saturated rings. The first-order valence-electron chi connectivity index (χ1n) is 1.20. The zero-order chi connectivity index (χ0) is 4.99. The second-order valence-electron chi connectivity index (χ2n) is 0.567. The van der Waals surface area contributed by atoms with Crippen molar-refractivity contribution in [3.8, 4) is 0 Å². The van der Waals surface area contributed by atoms with Gasteiger partial charge in [0.05, 0.1) is 0 Å². The van der Waals surface area contributed by atoms with Gasteiger partial charge in [-0.15, -0.1) is 12.6 Å². The van der Waals surface area contributed by atoms with E-state index in [1.165, 1.54) is 0 Å². The lowest BCUT2D eigenvalue weighted by molar-refractivity contribution is -0.108. The molecule has 0 aliphatic heterocycles. The van der Waals surface area contributed by atoms with Gasteiger partial charge in [0.15, 0.2) is 0 Å². The highest BCUT2D eigenvalue weighted by molar-refractivity contribution is 8.11. The maximum absolute atomic E-state index is 9.37. The van der Waals surface area contributed by atoms with Crippen LogP contribution in [0.3, 0.4) is 0 Å². The first-order chi connectivity index (χ1) is 2.77. The van der Waals surface area contributed by atoms with Gasteiger partial charge in [-0.1, -0.05) is 12.2 Å². The number of thiol groups is 1. The summed E-state index contributed by atoms with van der Waals surface area (Å²) in [7, 11) is 0. The van der Waals surface area contributed by atoms with Gasteiger partial charge in [-0.2, -0.15) is 0 Å². The molecular formula is C2H3NOS2. The Morgan fingerprint density at radius 1 is 2.00 bits per heavy atom. The zero-order valence-corrected chi connectivity index (χ0v) is 4.55. The quantitative estimate of drug-likeness (QED) is 0.289. The molecule has 0 aliphatic rings. The summed E-state index contributed by atoms with van der Waals surface area (Å²) in [6, 6.07) is 0. The van der Waals surface area contributed by atoms with E-state index in [2.05, 4.69) is 30.2 Å². The third kappa shape index (κ3) is 3.91. The average molecular weight is 121 g/mol. The predicted molar refractivity (Wildman–Crippen MR) is 30.8 cm³/mol. The van der Waals surface area contributed by atoms with Crippen LogP contribution in [-0.4, -0.2) is 10.7 Å². The van der Waals surface area contributed by atoms with Crippen LogP contribution in [0.5, 0.6) is 0 Å². The van der Waals surface area contributed by atoms with Crippen LogP contribution in [0.25, 0.3) is 0 Å². The van der Waals surface area contributed by atoms with Crippen LogP contribution >= 0.6 is 24.8 Å². The Balaban J connectivity index is 3.05. The average Bonchev–Trinajstić information content (AvgIpc) is 1.35. The Morgan fingerprint density at radius 2 is 2.50 bits per heavy atom. The van der Waals surface area contributed by atoms with Crippen molar-refractivity contribution in [2.24, 2.45) is 0 Å². The molecule has 0 aromatic carbocycles. The molecule has 0 spiro atoms. The molecule has 0 aromatic rings. The Labute approximate surface area is 46.3 Å². The van der Waals surface area contributed by atoms with Gasteiger partial charge in [-0.25, -0.2) is 0 Å². The normalized spacial score (nSPS) is 6.83. The topological polar surface area (TPSA) is 29.1 Å². The zero-order valence-electron chi connectivity index (χ0n) is 2.84. The van der Waals surface area contributed by atoms with E-state index in [0.29, 0.717) is 6.41 Å². The van der Waals surface area contributed by atoms with Crippen LogP contribution in [0.15, 0.2) is 0 Å². The number of hydrogen-bond donors (Lipinski definition) is 2. The summed E-state index contributed by atoms with van der Waals surface area (Å²) >= 11 is 7.88. The minimum Gasteiger partial charge on any atom is -0.314 e. The van der Waals surface area contributed by atoms with Crippen LogP contribution in [0, 0.1) is 0 Å². The van der Waals surface area contributed by atoms with Gasteiger partial charge < -0.3 is 5.32 Å². The highest BCUT2D eigenvalue weighted by Gasteiger charge is 1.74.